The fraction of sp³-hybridized carbons (Fsp3) is 1.00. The topological polar surface area (TPSA) is 40.5 Å². The standard InChI is InChI=1S/C6H12O2S/c1-4-5(8)3-9-6(4)2-7/h4-8H,2-3H2,1H3/t4-,5?,6-/m1/s1. The summed E-state index contributed by atoms with van der Waals surface area (Å²) in [6.07, 6.45) is -0.202. The van der Waals surface area contributed by atoms with Crippen molar-refractivity contribution >= 4 is 11.8 Å². The molecule has 1 saturated heterocycles. The Bertz CT molecular complexity index is 97.1. The van der Waals surface area contributed by atoms with E-state index in [1.54, 1.807) is 11.8 Å². The van der Waals surface area contributed by atoms with Crippen LogP contribution in [0.25, 0.3) is 0 Å². The molecule has 2 nitrogen and oxygen atoms in total. The van der Waals surface area contributed by atoms with E-state index in [1.165, 1.54) is 0 Å². The zero-order chi connectivity index (χ0) is 6.85. The molecule has 1 unspecified atom stereocenters. The lowest BCUT2D eigenvalue weighted by molar-refractivity contribution is 0.134. The van der Waals surface area contributed by atoms with Crippen LogP contribution in [-0.2, 0) is 0 Å². The number of hydrogen-bond donors (Lipinski definition) is 2. The van der Waals surface area contributed by atoms with Crippen LogP contribution < -0.4 is 0 Å². The molecule has 0 aromatic carbocycles. The Morgan fingerprint density at radius 2 is 2.33 bits per heavy atom. The van der Waals surface area contributed by atoms with Crippen molar-refractivity contribution in [2.24, 2.45) is 5.92 Å². The molecule has 0 saturated carbocycles. The Balaban J connectivity index is 2.41. The first-order valence-electron chi connectivity index (χ1n) is 3.16. The molecule has 0 aromatic rings. The normalized spacial score (nSPS) is 43.7. The highest BCUT2D eigenvalue weighted by molar-refractivity contribution is 8.00. The van der Waals surface area contributed by atoms with Gasteiger partial charge in [-0.3, -0.25) is 0 Å². The molecule has 0 spiro atoms. The van der Waals surface area contributed by atoms with Gasteiger partial charge in [0.15, 0.2) is 0 Å². The SMILES string of the molecule is C[C@@H]1C(O)CS[C@@H]1CO. The molecule has 0 aromatic heterocycles. The van der Waals surface area contributed by atoms with Crippen LogP contribution in [0, 0.1) is 5.92 Å². The van der Waals surface area contributed by atoms with Crippen LogP contribution in [0.3, 0.4) is 0 Å². The zero-order valence-corrected chi connectivity index (χ0v) is 6.27. The molecule has 54 valence electrons. The molecule has 9 heavy (non-hydrogen) atoms. The van der Waals surface area contributed by atoms with Gasteiger partial charge in [0.05, 0.1) is 12.7 Å². The summed E-state index contributed by atoms with van der Waals surface area (Å²) in [6.45, 7) is 2.18. The van der Waals surface area contributed by atoms with Crippen LogP contribution in [0.4, 0.5) is 0 Å². The van der Waals surface area contributed by atoms with E-state index in [0.29, 0.717) is 0 Å². The van der Waals surface area contributed by atoms with Crippen molar-refractivity contribution in [3.05, 3.63) is 0 Å². The number of aliphatic hydroxyl groups is 2. The van der Waals surface area contributed by atoms with Crippen molar-refractivity contribution in [1.29, 1.82) is 0 Å². The average Bonchev–Trinajstić information content (AvgIpc) is 2.15. The second kappa shape index (κ2) is 2.90. The van der Waals surface area contributed by atoms with Gasteiger partial charge >= 0.3 is 0 Å². The van der Waals surface area contributed by atoms with E-state index >= 15 is 0 Å². The van der Waals surface area contributed by atoms with E-state index in [-0.39, 0.29) is 23.9 Å². The lowest BCUT2D eigenvalue weighted by Crippen LogP contribution is -2.22. The molecule has 1 aliphatic rings. The molecule has 3 atom stereocenters. The summed E-state index contributed by atoms with van der Waals surface area (Å²) in [5.41, 5.74) is 0. The Hall–Kier alpha value is 0.270. The van der Waals surface area contributed by atoms with Crippen LogP contribution in [-0.4, -0.2) is 33.9 Å². The Morgan fingerprint density at radius 1 is 1.67 bits per heavy atom. The van der Waals surface area contributed by atoms with Gasteiger partial charge in [-0.25, -0.2) is 0 Å². The quantitative estimate of drug-likeness (QED) is 0.553. The fourth-order valence-electron chi connectivity index (χ4n) is 0.992. The third-order valence-electron chi connectivity index (χ3n) is 1.85. The van der Waals surface area contributed by atoms with Crippen LogP contribution in [0.2, 0.25) is 0 Å². The minimum absolute atomic E-state index is 0.197. The van der Waals surface area contributed by atoms with Gasteiger partial charge in [0.1, 0.15) is 0 Å². The van der Waals surface area contributed by atoms with Crippen molar-refractivity contribution in [2.45, 2.75) is 18.3 Å². The molecule has 0 aliphatic carbocycles. The summed E-state index contributed by atoms with van der Waals surface area (Å²) >= 11 is 1.66. The molecule has 2 N–H and O–H groups in total. The molecular weight excluding hydrogens is 136 g/mol. The zero-order valence-electron chi connectivity index (χ0n) is 5.45. The maximum Gasteiger partial charge on any atom is 0.0667 e. The van der Waals surface area contributed by atoms with E-state index < -0.39 is 0 Å². The number of thioether (sulfide) groups is 1. The first kappa shape index (κ1) is 7.38. The summed E-state index contributed by atoms with van der Waals surface area (Å²) in [7, 11) is 0. The predicted octanol–water partition coefficient (Wildman–Crippen LogP) is 0.0911. The molecule has 0 radical (unpaired) electrons. The molecule has 1 rings (SSSR count). The first-order valence-corrected chi connectivity index (χ1v) is 4.21. The van der Waals surface area contributed by atoms with Gasteiger partial charge in [-0.1, -0.05) is 6.92 Å². The smallest absolute Gasteiger partial charge is 0.0667 e. The van der Waals surface area contributed by atoms with E-state index in [0.717, 1.165) is 5.75 Å². The highest BCUT2D eigenvalue weighted by Gasteiger charge is 2.30. The van der Waals surface area contributed by atoms with Gasteiger partial charge in [-0.15, -0.1) is 0 Å². The van der Waals surface area contributed by atoms with Crippen molar-refractivity contribution in [3.63, 3.8) is 0 Å². The van der Waals surface area contributed by atoms with Crippen LogP contribution in [0.1, 0.15) is 6.92 Å². The molecule has 1 fully saturated rings. The first-order chi connectivity index (χ1) is 4.25. The monoisotopic (exact) mass is 148 g/mol. The minimum Gasteiger partial charge on any atom is -0.395 e. The van der Waals surface area contributed by atoms with Gasteiger partial charge in [-0.2, -0.15) is 11.8 Å². The minimum atomic E-state index is -0.202. The summed E-state index contributed by atoms with van der Waals surface area (Å²) < 4.78 is 0. The molecule has 1 heterocycles. The highest BCUT2D eigenvalue weighted by Crippen LogP contribution is 2.31. The van der Waals surface area contributed by atoms with E-state index in [9.17, 15) is 0 Å². The molecule has 0 amide bonds. The molecule has 3 heteroatoms. The maximum absolute atomic E-state index is 9.17. The van der Waals surface area contributed by atoms with Crippen molar-refractivity contribution in [1.82, 2.24) is 0 Å². The van der Waals surface area contributed by atoms with E-state index in [4.69, 9.17) is 10.2 Å². The Kier molecular flexibility index (Phi) is 2.38. The molecular formula is C6H12O2S. The lowest BCUT2D eigenvalue weighted by Gasteiger charge is -2.12. The van der Waals surface area contributed by atoms with Gasteiger partial charge in [0.25, 0.3) is 0 Å². The fourth-order valence-corrected chi connectivity index (χ4v) is 2.33. The third kappa shape index (κ3) is 1.39. The predicted molar refractivity (Wildman–Crippen MR) is 38.5 cm³/mol. The van der Waals surface area contributed by atoms with Crippen LogP contribution >= 0.6 is 11.8 Å². The summed E-state index contributed by atoms with van der Waals surface area (Å²) in [5, 5.41) is 18.2. The van der Waals surface area contributed by atoms with Gasteiger partial charge in [0.2, 0.25) is 0 Å². The summed E-state index contributed by atoms with van der Waals surface area (Å²) in [4.78, 5) is 0. The van der Waals surface area contributed by atoms with Crippen molar-refractivity contribution in [3.8, 4) is 0 Å². The van der Waals surface area contributed by atoms with Gasteiger partial charge < -0.3 is 10.2 Å². The maximum atomic E-state index is 9.17. The molecule has 0 bridgehead atoms. The third-order valence-corrected chi connectivity index (χ3v) is 3.39. The summed E-state index contributed by atoms with van der Waals surface area (Å²) in [5.74, 6) is 1.05. The van der Waals surface area contributed by atoms with E-state index in [2.05, 4.69) is 0 Å². The number of rotatable bonds is 1. The number of hydrogen-bond acceptors (Lipinski definition) is 3. The van der Waals surface area contributed by atoms with Crippen molar-refractivity contribution < 1.29 is 10.2 Å². The lowest BCUT2D eigenvalue weighted by atomic mass is 10.0. The van der Waals surface area contributed by atoms with Crippen molar-refractivity contribution in [2.75, 3.05) is 12.4 Å². The average molecular weight is 148 g/mol. The summed E-state index contributed by atoms with van der Waals surface area (Å²) in [6, 6.07) is 0. The Morgan fingerprint density at radius 3 is 2.56 bits per heavy atom. The van der Waals surface area contributed by atoms with E-state index in [1.807, 2.05) is 6.92 Å². The second-order valence-corrected chi connectivity index (χ2v) is 3.75. The van der Waals surface area contributed by atoms with Crippen LogP contribution in [0.5, 0.6) is 0 Å². The molecule has 1 aliphatic heterocycles. The van der Waals surface area contributed by atoms with Gasteiger partial charge in [-0.05, 0) is 5.92 Å². The largest absolute Gasteiger partial charge is 0.395 e. The Labute approximate surface area is 59.3 Å². The van der Waals surface area contributed by atoms with Gasteiger partial charge in [0, 0.05) is 11.0 Å². The highest BCUT2D eigenvalue weighted by atomic mass is 32.2. The number of aliphatic hydroxyl groups excluding tert-OH is 2. The second-order valence-electron chi connectivity index (χ2n) is 2.48. The van der Waals surface area contributed by atoms with Crippen LogP contribution in [0.15, 0.2) is 0 Å².